The average molecular weight is 473 g/mol. The number of nitrogens with one attached hydrogen (secondary N) is 2. The highest BCUT2D eigenvalue weighted by molar-refractivity contribution is 7.92. The van der Waals surface area contributed by atoms with Gasteiger partial charge in [-0.05, 0) is 65.4 Å². The van der Waals surface area contributed by atoms with E-state index in [1.54, 1.807) is 0 Å². The Morgan fingerprint density at radius 3 is 1.91 bits per heavy atom. The highest BCUT2D eigenvalue weighted by Gasteiger charge is 2.19. The number of carbonyl (C=O) groups is 1. The summed E-state index contributed by atoms with van der Waals surface area (Å²) in [5, 5.41) is 3.01. The summed E-state index contributed by atoms with van der Waals surface area (Å²) in [6.45, 7) is 8.23. The molecule has 0 heterocycles. The van der Waals surface area contributed by atoms with Crippen LogP contribution < -0.4 is 10.0 Å². The Hall–Kier alpha value is -3.26. The quantitative estimate of drug-likeness (QED) is 0.426. The Bertz CT molecular complexity index is 1250. The summed E-state index contributed by atoms with van der Waals surface area (Å²) in [4.78, 5) is 12.5. The van der Waals surface area contributed by atoms with Gasteiger partial charge in [-0.1, -0.05) is 45.9 Å². The van der Waals surface area contributed by atoms with Crippen LogP contribution in [0.5, 0.6) is 0 Å². The summed E-state index contributed by atoms with van der Waals surface area (Å²) in [5.41, 5.74) is 3.38. The fourth-order valence-corrected chi connectivity index (χ4v) is 4.50. The zero-order valence-electron chi connectivity index (χ0n) is 18.8. The first-order valence-corrected chi connectivity index (χ1v) is 12.0. The van der Waals surface area contributed by atoms with Crippen LogP contribution in [0.3, 0.4) is 0 Å². The van der Waals surface area contributed by atoms with Gasteiger partial charge in [0.1, 0.15) is 0 Å². The molecule has 0 spiro atoms. The lowest BCUT2D eigenvalue weighted by Gasteiger charge is -2.20. The molecule has 0 bridgehead atoms. The topological polar surface area (TPSA) is 75.3 Å². The third-order valence-electron chi connectivity index (χ3n) is 5.21. The van der Waals surface area contributed by atoms with Crippen molar-refractivity contribution in [1.82, 2.24) is 0 Å². The summed E-state index contributed by atoms with van der Waals surface area (Å²) in [5.74, 6) is -2.28. The zero-order chi connectivity index (χ0) is 24.3. The fourth-order valence-electron chi connectivity index (χ4n) is 3.43. The molecule has 33 heavy (non-hydrogen) atoms. The summed E-state index contributed by atoms with van der Waals surface area (Å²) < 4.78 is 53.7. The SMILES string of the molecule is CC(C)c1cccc(C(C)C)c1NC(=O)c1ccc(NS(=O)(=O)c2ccc(F)c(F)c2)cc1. The van der Waals surface area contributed by atoms with Crippen LogP contribution in [0.2, 0.25) is 0 Å². The third-order valence-corrected chi connectivity index (χ3v) is 6.59. The molecule has 0 aliphatic rings. The second kappa shape index (κ2) is 9.70. The molecule has 1 amide bonds. The molecule has 0 aromatic heterocycles. The van der Waals surface area contributed by atoms with E-state index in [0.717, 1.165) is 28.9 Å². The predicted octanol–water partition coefficient (Wildman–Crippen LogP) is 6.26. The molecular weight excluding hydrogens is 446 g/mol. The van der Waals surface area contributed by atoms with E-state index >= 15 is 0 Å². The van der Waals surface area contributed by atoms with E-state index < -0.39 is 26.6 Å². The summed E-state index contributed by atoms with van der Waals surface area (Å²) >= 11 is 0. The molecule has 3 aromatic rings. The highest BCUT2D eigenvalue weighted by atomic mass is 32.2. The molecule has 0 saturated heterocycles. The molecular formula is C25H26F2N2O3S. The van der Waals surface area contributed by atoms with E-state index in [1.165, 1.54) is 24.3 Å². The van der Waals surface area contributed by atoms with E-state index in [1.807, 2.05) is 18.2 Å². The van der Waals surface area contributed by atoms with Crippen molar-refractivity contribution in [3.63, 3.8) is 0 Å². The van der Waals surface area contributed by atoms with Gasteiger partial charge in [-0.25, -0.2) is 17.2 Å². The minimum absolute atomic E-state index is 0.182. The van der Waals surface area contributed by atoms with Crippen molar-refractivity contribution in [2.45, 2.75) is 44.4 Å². The Labute approximate surface area is 192 Å². The fraction of sp³-hybridized carbons (Fsp3) is 0.240. The molecule has 0 aliphatic heterocycles. The molecule has 0 aliphatic carbocycles. The molecule has 8 heteroatoms. The van der Waals surface area contributed by atoms with Crippen molar-refractivity contribution in [3.8, 4) is 0 Å². The van der Waals surface area contributed by atoms with E-state index in [9.17, 15) is 22.0 Å². The summed E-state index contributed by atoms with van der Waals surface area (Å²) in [6, 6.07) is 14.1. The number of carbonyl (C=O) groups excluding carboxylic acids is 1. The van der Waals surface area contributed by atoms with Gasteiger partial charge in [0.05, 0.1) is 4.90 Å². The number of halogens is 2. The number of benzene rings is 3. The Kier molecular flexibility index (Phi) is 7.17. The molecule has 3 rings (SSSR count). The van der Waals surface area contributed by atoms with Crippen LogP contribution in [0.4, 0.5) is 20.2 Å². The normalized spacial score (nSPS) is 11.6. The first-order valence-electron chi connectivity index (χ1n) is 10.5. The maximum absolute atomic E-state index is 13.4. The molecule has 174 valence electrons. The van der Waals surface area contributed by atoms with E-state index in [0.29, 0.717) is 11.6 Å². The van der Waals surface area contributed by atoms with Crippen LogP contribution >= 0.6 is 0 Å². The lowest BCUT2D eigenvalue weighted by atomic mass is 9.92. The van der Waals surface area contributed by atoms with Gasteiger partial charge in [0, 0.05) is 16.9 Å². The van der Waals surface area contributed by atoms with Crippen molar-refractivity contribution >= 4 is 27.3 Å². The number of anilines is 2. The lowest BCUT2D eigenvalue weighted by molar-refractivity contribution is 0.102. The van der Waals surface area contributed by atoms with Gasteiger partial charge in [-0.2, -0.15) is 0 Å². The molecule has 5 nitrogen and oxygen atoms in total. The van der Waals surface area contributed by atoms with E-state index in [-0.39, 0.29) is 23.4 Å². The van der Waals surface area contributed by atoms with Crippen LogP contribution in [-0.2, 0) is 10.0 Å². The summed E-state index contributed by atoms with van der Waals surface area (Å²) in [6.07, 6.45) is 0. The molecule has 0 saturated carbocycles. The van der Waals surface area contributed by atoms with Crippen molar-refractivity contribution in [1.29, 1.82) is 0 Å². The average Bonchev–Trinajstić information content (AvgIpc) is 2.75. The largest absolute Gasteiger partial charge is 0.321 e. The van der Waals surface area contributed by atoms with Gasteiger partial charge < -0.3 is 5.32 Å². The van der Waals surface area contributed by atoms with Crippen LogP contribution in [-0.4, -0.2) is 14.3 Å². The van der Waals surface area contributed by atoms with Gasteiger partial charge in [0.25, 0.3) is 15.9 Å². The van der Waals surface area contributed by atoms with E-state index in [2.05, 4.69) is 37.7 Å². The molecule has 0 fully saturated rings. The van der Waals surface area contributed by atoms with Gasteiger partial charge in [0.15, 0.2) is 11.6 Å². The second-order valence-electron chi connectivity index (χ2n) is 8.33. The van der Waals surface area contributed by atoms with Crippen LogP contribution in [0.25, 0.3) is 0 Å². The monoisotopic (exact) mass is 472 g/mol. The van der Waals surface area contributed by atoms with Gasteiger partial charge in [0.2, 0.25) is 0 Å². The number of sulfonamides is 1. The maximum atomic E-state index is 13.4. The molecule has 2 N–H and O–H groups in total. The Balaban J connectivity index is 1.81. The first-order chi connectivity index (χ1) is 15.5. The number of amides is 1. The van der Waals surface area contributed by atoms with Crippen molar-refractivity contribution in [3.05, 3.63) is 89.0 Å². The van der Waals surface area contributed by atoms with Crippen LogP contribution in [0.15, 0.2) is 65.6 Å². The van der Waals surface area contributed by atoms with Gasteiger partial charge in [-0.3, -0.25) is 9.52 Å². The molecule has 0 unspecified atom stereocenters. The highest BCUT2D eigenvalue weighted by Crippen LogP contribution is 2.32. The molecule has 3 aromatic carbocycles. The summed E-state index contributed by atoms with van der Waals surface area (Å²) in [7, 11) is -4.12. The molecule has 0 radical (unpaired) electrons. The minimum Gasteiger partial charge on any atom is -0.321 e. The van der Waals surface area contributed by atoms with Crippen molar-refractivity contribution < 1.29 is 22.0 Å². The number of para-hydroxylation sites is 1. The standard InChI is InChI=1S/C25H26F2N2O3S/c1-15(2)20-6-5-7-21(16(3)4)24(20)28-25(30)17-8-10-18(11-9-17)29-33(31,32)19-12-13-22(26)23(27)14-19/h5-16,29H,1-4H3,(H,28,30). The number of hydrogen-bond donors (Lipinski definition) is 2. The third kappa shape index (κ3) is 5.57. The Morgan fingerprint density at radius 1 is 0.818 bits per heavy atom. The zero-order valence-corrected chi connectivity index (χ0v) is 19.6. The van der Waals surface area contributed by atoms with Gasteiger partial charge >= 0.3 is 0 Å². The smallest absolute Gasteiger partial charge is 0.261 e. The number of rotatable bonds is 7. The van der Waals surface area contributed by atoms with E-state index in [4.69, 9.17) is 0 Å². The first kappa shape index (κ1) is 24.4. The van der Waals surface area contributed by atoms with Crippen molar-refractivity contribution in [2.24, 2.45) is 0 Å². The van der Waals surface area contributed by atoms with Crippen LogP contribution in [0, 0.1) is 11.6 Å². The predicted molar refractivity (Wildman–Crippen MR) is 126 cm³/mol. The lowest BCUT2D eigenvalue weighted by Crippen LogP contribution is -2.16. The maximum Gasteiger partial charge on any atom is 0.261 e. The van der Waals surface area contributed by atoms with Crippen molar-refractivity contribution in [2.75, 3.05) is 10.0 Å². The van der Waals surface area contributed by atoms with Gasteiger partial charge in [-0.15, -0.1) is 0 Å². The minimum atomic E-state index is -4.12. The second-order valence-corrected chi connectivity index (χ2v) is 10.0. The number of hydrogen-bond acceptors (Lipinski definition) is 3. The van der Waals surface area contributed by atoms with Crippen LogP contribution in [0.1, 0.15) is 61.0 Å². The molecule has 0 atom stereocenters. The Morgan fingerprint density at radius 2 is 1.39 bits per heavy atom.